The van der Waals surface area contributed by atoms with Crippen molar-refractivity contribution in [1.82, 2.24) is 5.32 Å². The van der Waals surface area contributed by atoms with Crippen molar-refractivity contribution in [2.24, 2.45) is 11.7 Å². The normalized spacial score (nSPS) is 14.7. The van der Waals surface area contributed by atoms with E-state index in [2.05, 4.69) is 10.6 Å². The molecule has 0 saturated heterocycles. The summed E-state index contributed by atoms with van der Waals surface area (Å²) in [4.78, 5) is 23.1. The lowest BCUT2D eigenvalue weighted by atomic mass is 10.1. The molecule has 1 atom stereocenters. The van der Waals surface area contributed by atoms with E-state index in [4.69, 9.17) is 5.73 Å². The molecule has 4 N–H and O–H groups in total. The average Bonchev–Trinajstić information content (AvgIpc) is 2.77. The number of nitrogens with one attached hydrogen (secondary N) is 2. The lowest BCUT2D eigenvalue weighted by molar-refractivity contribution is -0.125. The number of rotatable bonds is 5. The summed E-state index contributed by atoms with van der Waals surface area (Å²) in [7, 11) is 0. The Labute approximate surface area is 112 Å². The predicted molar refractivity (Wildman–Crippen MR) is 73.5 cm³/mol. The van der Waals surface area contributed by atoms with Crippen LogP contribution in [0.5, 0.6) is 0 Å². The number of hydrogen-bond acceptors (Lipinski definition) is 3. The summed E-state index contributed by atoms with van der Waals surface area (Å²) in [5.74, 6) is -0.122. The first kappa shape index (κ1) is 13.5. The summed E-state index contributed by atoms with van der Waals surface area (Å²) in [5, 5.41) is 5.66. The third-order valence-corrected chi connectivity index (χ3v) is 3.41. The molecule has 1 aliphatic heterocycles. The lowest BCUT2D eigenvalue weighted by Gasteiger charge is -2.13. The Morgan fingerprint density at radius 1 is 1.53 bits per heavy atom. The number of fused-ring (bicyclic) bond motifs is 1. The Bertz CT molecular complexity index is 495. The van der Waals surface area contributed by atoms with Crippen molar-refractivity contribution in [3.63, 3.8) is 0 Å². The van der Waals surface area contributed by atoms with Crippen LogP contribution in [0.3, 0.4) is 0 Å². The van der Waals surface area contributed by atoms with Crippen LogP contribution < -0.4 is 16.4 Å². The average molecular weight is 261 g/mol. The highest BCUT2D eigenvalue weighted by molar-refractivity contribution is 5.99. The highest BCUT2D eigenvalue weighted by Gasteiger charge is 2.18. The van der Waals surface area contributed by atoms with Crippen LogP contribution in [0.2, 0.25) is 0 Å². The Balaban J connectivity index is 1.96. The van der Waals surface area contributed by atoms with Crippen LogP contribution in [0.25, 0.3) is 0 Å². The van der Waals surface area contributed by atoms with Crippen LogP contribution in [0.1, 0.15) is 24.5 Å². The molecule has 2 rings (SSSR count). The van der Waals surface area contributed by atoms with Crippen molar-refractivity contribution in [3.8, 4) is 0 Å². The summed E-state index contributed by atoms with van der Waals surface area (Å²) < 4.78 is 0. The van der Waals surface area contributed by atoms with Gasteiger partial charge in [0.1, 0.15) is 0 Å². The SMILES string of the molecule is CCC(CN)C(=O)NCc1ccc2c(c1)CC(=O)N2. The van der Waals surface area contributed by atoms with E-state index in [9.17, 15) is 9.59 Å². The molecule has 5 nitrogen and oxygen atoms in total. The van der Waals surface area contributed by atoms with Crippen LogP contribution in [0.4, 0.5) is 5.69 Å². The molecular formula is C14H19N3O2. The van der Waals surface area contributed by atoms with E-state index >= 15 is 0 Å². The third-order valence-electron chi connectivity index (χ3n) is 3.41. The van der Waals surface area contributed by atoms with Gasteiger partial charge in [0.2, 0.25) is 11.8 Å². The zero-order chi connectivity index (χ0) is 13.8. The zero-order valence-corrected chi connectivity index (χ0v) is 11.0. The van der Waals surface area contributed by atoms with Gasteiger partial charge in [-0.2, -0.15) is 0 Å². The van der Waals surface area contributed by atoms with E-state index in [-0.39, 0.29) is 17.7 Å². The minimum Gasteiger partial charge on any atom is -0.352 e. The molecule has 0 spiro atoms. The highest BCUT2D eigenvalue weighted by Crippen LogP contribution is 2.23. The maximum Gasteiger partial charge on any atom is 0.228 e. The van der Waals surface area contributed by atoms with Gasteiger partial charge < -0.3 is 16.4 Å². The van der Waals surface area contributed by atoms with Crippen LogP contribution in [-0.2, 0) is 22.6 Å². The lowest BCUT2D eigenvalue weighted by Crippen LogP contribution is -2.34. The molecule has 0 radical (unpaired) electrons. The molecule has 2 amide bonds. The fraction of sp³-hybridized carbons (Fsp3) is 0.429. The first-order valence-corrected chi connectivity index (χ1v) is 6.53. The number of carbonyl (C=O) groups excluding carboxylic acids is 2. The Morgan fingerprint density at radius 2 is 2.32 bits per heavy atom. The fourth-order valence-corrected chi connectivity index (χ4v) is 2.19. The molecule has 0 bridgehead atoms. The maximum atomic E-state index is 11.8. The summed E-state index contributed by atoms with van der Waals surface area (Å²) in [5.41, 5.74) is 8.39. The first-order valence-electron chi connectivity index (χ1n) is 6.53. The van der Waals surface area contributed by atoms with Crippen molar-refractivity contribution in [3.05, 3.63) is 29.3 Å². The van der Waals surface area contributed by atoms with Gasteiger partial charge in [0.05, 0.1) is 6.42 Å². The third kappa shape index (κ3) is 3.12. The molecule has 1 aromatic rings. The van der Waals surface area contributed by atoms with E-state index in [1.807, 2.05) is 25.1 Å². The van der Waals surface area contributed by atoms with Gasteiger partial charge in [-0.15, -0.1) is 0 Å². The second-order valence-corrected chi connectivity index (χ2v) is 4.78. The molecule has 0 fully saturated rings. The number of nitrogens with two attached hydrogens (primary N) is 1. The second kappa shape index (κ2) is 5.84. The highest BCUT2D eigenvalue weighted by atomic mass is 16.2. The molecule has 19 heavy (non-hydrogen) atoms. The predicted octanol–water partition coefficient (Wildman–Crippen LogP) is 0.782. The number of amides is 2. The van der Waals surface area contributed by atoms with E-state index in [1.54, 1.807) is 0 Å². The van der Waals surface area contributed by atoms with Crippen molar-refractivity contribution in [1.29, 1.82) is 0 Å². The Hall–Kier alpha value is -1.88. The monoisotopic (exact) mass is 261 g/mol. The molecule has 0 aliphatic carbocycles. The van der Waals surface area contributed by atoms with E-state index in [1.165, 1.54) is 0 Å². The zero-order valence-electron chi connectivity index (χ0n) is 11.0. The van der Waals surface area contributed by atoms with Gasteiger partial charge >= 0.3 is 0 Å². The van der Waals surface area contributed by atoms with Gasteiger partial charge in [-0.25, -0.2) is 0 Å². The van der Waals surface area contributed by atoms with E-state index < -0.39 is 0 Å². The van der Waals surface area contributed by atoms with Gasteiger partial charge in [-0.05, 0) is 23.6 Å². The van der Waals surface area contributed by atoms with Gasteiger partial charge in [0.15, 0.2) is 0 Å². The van der Waals surface area contributed by atoms with Crippen molar-refractivity contribution in [2.75, 3.05) is 11.9 Å². The molecule has 1 aliphatic rings. The van der Waals surface area contributed by atoms with E-state index in [0.717, 1.165) is 23.2 Å². The van der Waals surface area contributed by atoms with Crippen LogP contribution in [0.15, 0.2) is 18.2 Å². The van der Waals surface area contributed by atoms with Crippen molar-refractivity contribution >= 4 is 17.5 Å². The summed E-state index contributed by atoms with van der Waals surface area (Å²) in [6, 6.07) is 5.74. The standard InChI is InChI=1S/C14H19N3O2/c1-2-10(7-15)14(19)16-8-9-3-4-12-11(5-9)6-13(18)17-12/h3-5,10H,2,6-8,15H2,1H3,(H,16,19)(H,17,18). The molecule has 0 aromatic heterocycles. The molecule has 5 heteroatoms. The summed E-state index contributed by atoms with van der Waals surface area (Å²) in [6.45, 7) is 2.78. The Kier molecular flexibility index (Phi) is 4.16. The van der Waals surface area contributed by atoms with Gasteiger partial charge in [0.25, 0.3) is 0 Å². The second-order valence-electron chi connectivity index (χ2n) is 4.78. The summed E-state index contributed by atoms with van der Waals surface area (Å²) in [6.07, 6.45) is 1.16. The maximum absolute atomic E-state index is 11.8. The topological polar surface area (TPSA) is 84.2 Å². The van der Waals surface area contributed by atoms with Crippen molar-refractivity contribution < 1.29 is 9.59 Å². The summed E-state index contributed by atoms with van der Waals surface area (Å²) >= 11 is 0. The molecule has 1 aromatic carbocycles. The molecule has 0 saturated carbocycles. The number of benzene rings is 1. The number of hydrogen-bond donors (Lipinski definition) is 3. The van der Waals surface area contributed by atoms with Gasteiger partial charge in [-0.3, -0.25) is 9.59 Å². The van der Waals surface area contributed by atoms with Crippen LogP contribution in [0, 0.1) is 5.92 Å². The minimum atomic E-state index is -0.127. The van der Waals surface area contributed by atoms with Crippen LogP contribution >= 0.6 is 0 Å². The first-order chi connectivity index (χ1) is 9.13. The minimum absolute atomic E-state index is 0.0142. The number of anilines is 1. The largest absolute Gasteiger partial charge is 0.352 e. The van der Waals surface area contributed by atoms with E-state index in [0.29, 0.717) is 19.5 Å². The molecule has 1 unspecified atom stereocenters. The molecule has 1 heterocycles. The van der Waals surface area contributed by atoms with Crippen molar-refractivity contribution in [2.45, 2.75) is 26.3 Å². The van der Waals surface area contributed by atoms with Gasteiger partial charge in [0, 0.05) is 24.7 Å². The molecule has 102 valence electrons. The van der Waals surface area contributed by atoms with Crippen LogP contribution in [-0.4, -0.2) is 18.4 Å². The quantitative estimate of drug-likeness (QED) is 0.732. The Morgan fingerprint density at radius 3 is 3.00 bits per heavy atom. The molecular weight excluding hydrogens is 242 g/mol. The number of carbonyl (C=O) groups is 2. The fourth-order valence-electron chi connectivity index (χ4n) is 2.19. The smallest absolute Gasteiger partial charge is 0.228 e. The van der Waals surface area contributed by atoms with Gasteiger partial charge in [-0.1, -0.05) is 19.1 Å².